The van der Waals surface area contributed by atoms with Crippen LogP contribution in [0.3, 0.4) is 0 Å². The Kier molecular flexibility index (Phi) is 5.14. The molecule has 1 heterocycles. The van der Waals surface area contributed by atoms with Crippen LogP contribution < -0.4 is 5.32 Å². The van der Waals surface area contributed by atoms with Crippen LogP contribution >= 0.6 is 12.2 Å². The van der Waals surface area contributed by atoms with Gasteiger partial charge < -0.3 is 5.32 Å². The maximum Gasteiger partial charge on any atom is 0.240 e. The maximum absolute atomic E-state index is 12.6. The van der Waals surface area contributed by atoms with Crippen molar-refractivity contribution in [3.8, 4) is 0 Å². The number of rotatable bonds is 5. The molecule has 2 atom stereocenters. The van der Waals surface area contributed by atoms with Crippen LogP contribution in [0.15, 0.2) is 24.3 Å². The number of aromatic nitrogens is 3. The van der Waals surface area contributed by atoms with Gasteiger partial charge in [0.2, 0.25) is 5.91 Å². The highest BCUT2D eigenvalue weighted by Gasteiger charge is 2.27. The number of aromatic amines is 1. The largest absolute Gasteiger partial charge is 0.347 e. The van der Waals surface area contributed by atoms with Gasteiger partial charge in [-0.2, -0.15) is 5.10 Å². The summed E-state index contributed by atoms with van der Waals surface area (Å²) in [5.74, 6) is 1.25. The summed E-state index contributed by atoms with van der Waals surface area (Å²) in [6.07, 6.45) is 3.95. The Morgan fingerprint density at radius 1 is 1.46 bits per heavy atom. The molecule has 1 aliphatic rings. The fourth-order valence-corrected chi connectivity index (χ4v) is 3.65. The summed E-state index contributed by atoms with van der Waals surface area (Å²) in [6.45, 7) is 4.51. The molecule has 0 aliphatic heterocycles. The molecular formula is C18H24N4OS. The van der Waals surface area contributed by atoms with E-state index in [0.29, 0.717) is 10.7 Å². The second-order valence-corrected chi connectivity index (χ2v) is 6.93. The summed E-state index contributed by atoms with van der Waals surface area (Å²) < 4.78 is 2.30. The lowest BCUT2D eigenvalue weighted by Gasteiger charge is -2.32. The van der Waals surface area contributed by atoms with E-state index in [2.05, 4.69) is 47.6 Å². The molecule has 0 saturated carbocycles. The predicted molar refractivity (Wildman–Crippen MR) is 96.2 cm³/mol. The van der Waals surface area contributed by atoms with Gasteiger partial charge in [-0.25, -0.2) is 0 Å². The van der Waals surface area contributed by atoms with Crippen LogP contribution in [0.2, 0.25) is 0 Å². The zero-order valence-electron chi connectivity index (χ0n) is 14.2. The average Bonchev–Trinajstić information content (AvgIpc) is 2.91. The van der Waals surface area contributed by atoms with Gasteiger partial charge in [0.1, 0.15) is 12.4 Å². The molecule has 6 heteroatoms. The van der Waals surface area contributed by atoms with Crippen molar-refractivity contribution in [2.75, 3.05) is 0 Å². The summed E-state index contributed by atoms with van der Waals surface area (Å²) in [5, 5.41) is 10.2. The number of aryl methyl sites for hydroxylation is 2. The molecule has 0 fully saturated rings. The number of nitrogens with zero attached hydrogens (tertiary/aromatic N) is 2. The predicted octanol–water partition coefficient (Wildman–Crippen LogP) is 3.33. The van der Waals surface area contributed by atoms with Crippen LogP contribution in [-0.4, -0.2) is 20.7 Å². The molecule has 0 bridgehead atoms. The van der Waals surface area contributed by atoms with Crippen molar-refractivity contribution in [1.29, 1.82) is 0 Å². The zero-order chi connectivity index (χ0) is 17.1. The lowest BCUT2D eigenvalue weighted by molar-refractivity contribution is -0.122. The van der Waals surface area contributed by atoms with E-state index in [1.54, 1.807) is 4.57 Å². The molecule has 0 spiro atoms. The molecule has 2 N–H and O–H groups in total. The number of fused-ring (bicyclic) bond motifs is 1. The van der Waals surface area contributed by atoms with Crippen LogP contribution in [-0.2, 0) is 24.2 Å². The van der Waals surface area contributed by atoms with Crippen molar-refractivity contribution in [2.24, 2.45) is 5.92 Å². The Morgan fingerprint density at radius 3 is 3.04 bits per heavy atom. The highest BCUT2D eigenvalue weighted by atomic mass is 32.1. The fraction of sp³-hybridized carbons (Fsp3) is 0.500. The first-order valence-corrected chi connectivity index (χ1v) is 9.02. The number of hydrogen-bond acceptors (Lipinski definition) is 3. The quantitative estimate of drug-likeness (QED) is 0.818. The highest BCUT2D eigenvalue weighted by Crippen LogP contribution is 2.33. The third-order valence-electron chi connectivity index (χ3n) is 4.76. The van der Waals surface area contributed by atoms with Gasteiger partial charge in [-0.3, -0.25) is 14.5 Å². The summed E-state index contributed by atoms with van der Waals surface area (Å²) in [4.78, 5) is 12.6. The van der Waals surface area contributed by atoms with Crippen molar-refractivity contribution in [3.63, 3.8) is 0 Å². The molecule has 128 valence electrons. The minimum absolute atomic E-state index is 0.0154. The molecule has 3 rings (SSSR count). The van der Waals surface area contributed by atoms with E-state index in [1.807, 2.05) is 6.07 Å². The van der Waals surface area contributed by atoms with Gasteiger partial charge in [-0.15, -0.1) is 0 Å². The SMILES string of the molecule is CCCc1n[nH]c(=S)n1CC(=O)N[C@@H]1c2ccccc2CC[C@H]1C. The molecule has 24 heavy (non-hydrogen) atoms. The molecule has 0 saturated heterocycles. The minimum atomic E-state index is -0.0154. The molecular weight excluding hydrogens is 320 g/mol. The number of hydrogen-bond donors (Lipinski definition) is 2. The van der Waals surface area contributed by atoms with Gasteiger partial charge in [0, 0.05) is 6.42 Å². The number of amides is 1. The van der Waals surface area contributed by atoms with Gasteiger partial charge in [0.05, 0.1) is 6.04 Å². The third kappa shape index (κ3) is 3.43. The van der Waals surface area contributed by atoms with Crippen molar-refractivity contribution >= 4 is 18.1 Å². The molecule has 5 nitrogen and oxygen atoms in total. The Morgan fingerprint density at radius 2 is 2.25 bits per heavy atom. The van der Waals surface area contributed by atoms with Crippen molar-refractivity contribution in [2.45, 2.75) is 52.1 Å². The smallest absolute Gasteiger partial charge is 0.240 e. The van der Waals surface area contributed by atoms with E-state index in [0.717, 1.165) is 31.5 Å². The highest BCUT2D eigenvalue weighted by molar-refractivity contribution is 7.71. The van der Waals surface area contributed by atoms with Crippen molar-refractivity contribution < 1.29 is 4.79 Å². The van der Waals surface area contributed by atoms with Gasteiger partial charge in [0.15, 0.2) is 4.77 Å². The lowest BCUT2D eigenvalue weighted by atomic mass is 9.80. The van der Waals surface area contributed by atoms with Crippen LogP contribution in [0, 0.1) is 10.7 Å². The van der Waals surface area contributed by atoms with E-state index < -0.39 is 0 Å². The second kappa shape index (κ2) is 7.30. The fourth-order valence-electron chi connectivity index (χ4n) is 3.43. The summed E-state index contributed by atoms with van der Waals surface area (Å²) >= 11 is 5.26. The first-order chi connectivity index (χ1) is 11.6. The Balaban J connectivity index is 1.76. The summed E-state index contributed by atoms with van der Waals surface area (Å²) in [6, 6.07) is 8.46. The Hall–Kier alpha value is -1.95. The lowest BCUT2D eigenvalue weighted by Crippen LogP contribution is -2.37. The number of H-pyrrole nitrogens is 1. The van der Waals surface area contributed by atoms with Gasteiger partial charge >= 0.3 is 0 Å². The molecule has 0 unspecified atom stereocenters. The van der Waals surface area contributed by atoms with Crippen LogP contribution in [0.1, 0.15) is 49.7 Å². The molecule has 1 amide bonds. The summed E-state index contributed by atoms with van der Waals surface area (Å²) in [7, 11) is 0. The average molecular weight is 344 g/mol. The second-order valence-electron chi connectivity index (χ2n) is 6.54. The standard InChI is InChI=1S/C18H24N4OS/c1-3-6-15-20-21-18(24)22(15)11-16(23)19-17-12(2)9-10-13-7-4-5-8-14(13)17/h4-5,7-8,12,17H,3,6,9-11H2,1-2H3,(H,19,23)(H,21,24)/t12-,17+/m1/s1. The van der Waals surface area contributed by atoms with E-state index >= 15 is 0 Å². The molecule has 2 aromatic rings. The summed E-state index contributed by atoms with van der Waals surface area (Å²) in [5.41, 5.74) is 2.58. The van der Waals surface area contributed by atoms with Crippen molar-refractivity contribution in [1.82, 2.24) is 20.1 Å². The van der Waals surface area contributed by atoms with Crippen LogP contribution in [0.25, 0.3) is 0 Å². The Labute approximate surface area is 147 Å². The number of carbonyl (C=O) groups excluding carboxylic acids is 1. The first kappa shape index (κ1) is 16.9. The number of carbonyl (C=O) groups is 1. The topological polar surface area (TPSA) is 62.7 Å². The molecule has 1 aromatic heterocycles. The molecule has 1 aliphatic carbocycles. The number of benzene rings is 1. The van der Waals surface area contributed by atoms with E-state index in [9.17, 15) is 4.79 Å². The number of nitrogens with one attached hydrogen (secondary N) is 2. The molecule has 0 radical (unpaired) electrons. The van der Waals surface area contributed by atoms with Gasteiger partial charge in [-0.05, 0) is 48.5 Å². The van der Waals surface area contributed by atoms with Crippen molar-refractivity contribution in [3.05, 3.63) is 46.0 Å². The van der Waals surface area contributed by atoms with E-state index in [4.69, 9.17) is 12.2 Å². The van der Waals surface area contributed by atoms with E-state index in [-0.39, 0.29) is 18.5 Å². The molecule has 1 aromatic carbocycles. The zero-order valence-corrected chi connectivity index (χ0v) is 15.0. The van der Waals surface area contributed by atoms with Crippen LogP contribution in [0.5, 0.6) is 0 Å². The minimum Gasteiger partial charge on any atom is -0.347 e. The van der Waals surface area contributed by atoms with Crippen LogP contribution in [0.4, 0.5) is 0 Å². The normalized spacial score (nSPS) is 19.8. The van der Waals surface area contributed by atoms with E-state index in [1.165, 1.54) is 11.1 Å². The third-order valence-corrected chi connectivity index (χ3v) is 5.07. The first-order valence-electron chi connectivity index (χ1n) is 8.61. The Bertz CT molecular complexity index is 779. The van der Waals surface area contributed by atoms with Gasteiger partial charge in [0.25, 0.3) is 0 Å². The monoisotopic (exact) mass is 344 g/mol. The maximum atomic E-state index is 12.6. The van der Waals surface area contributed by atoms with Gasteiger partial charge in [-0.1, -0.05) is 38.1 Å².